The molecule has 0 bridgehead atoms. The highest BCUT2D eigenvalue weighted by atomic mass is 35.5. The number of rotatable bonds is 3. The van der Waals surface area contributed by atoms with Crippen LogP contribution in [0.15, 0.2) is 6.07 Å². The van der Waals surface area contributed by atoms with Gasteiger partial charge in [-0.15, -0.1) is 12.4 Å². The number of aryl methyl sites for hydroxylation is 2. The summed E-state index contributed by atoms with van der Waals surface area (Å²) in [5.74, 6) is 0.438. The molecule has 1 aromatic rings. The normalized spacial score (nSPS) is 22.6. The number of hydrogen-bond donors (Lipinski definition) is 1. The van der Waals surface area contributed by atoms with Crippen LogP contribution in [0.4, 0.5) is 0 Å². The van der Waals surface area contributed by atoms with Gasteiger partial charge in [0, 0.05) is 31.9 Å². The summed E-state index contributed by atoms with van der Waals surface area (Å²) in [5.41, 5.74) is 2.16. The standard InChI is InChI=1S/C14H22N4O2.ClH/c1-10-5-11(2)18(16-10)9-13-8-17(3-4-20-13)14(19)12-6-15-7-12;/h5,12-13,15H,3-4,6-9H2,1-2H3;1H. The van der Waals surface area contributed by atoms with Crippen LogP contribution >= 0.6 is 12.4 Å². The Morgan fingerprint density at radius 1 is 1.48 bits per heavy atom. The molecule has 21 heavy (non-hydrogen) atoms. The summed E-state index contributed by atoms with van der Waals surface area (Å²) in [7, 11) is 0. The second-order valence-electron chi connectivity index (χ2n) is 5.74. The van der Waals surface area contributed by atoms with E-state index in [1.807, 2.05) is 23.4 Å². The first-order chi connectivity index (χ1) is 9.63. The fourth-order valence-corrected chi connectivity index (χ4v) is 2.80. The summed E-state index contributed by atoms with van der Waals surface area (Å²) in [6.07, 6.45) is 0.0405. The summed E-state index contributed by atoms with van der Waals surface area (Å²) in [5, 5.41) is 7.61. The molecular weight excluding hydrogens is 292 g/mol. The van der Waals surface area contributed by atoms with E-state index in [9.17, 15) is 4.79 Å². The van der Waals surface area contributed by atoms with Gasteiger partial charge in [-0.05, 0) is 19.9 Å². The van der Waals surface area contributed by atoms with Gasteiger partial charge in [0.2, 0.25) is 5.91 Å². The Kier molecular flexibility index (Phi) is 5.24. The number of hydrogen-bond acceptors (Lipinski definition) is 4. The number of nitrogens with zero attached hydrogens (tertiary/aromatic N) is 3. The van der Waals surface area contributed by atoms with Gasteiger partial charge in [0.15, 0.2) is 0 Å². The van der Waals surface area contributed by atoms with Crippen LogP contribution in [0.1, 0.15) is 11.4 Å². The van der Waals surface area contributed by atoms with Crippen molar-refractivity contribution in [2.45, 2.75) is 26.5 Å². The van der Waals surface area contributed by atoms with Crippen molar-refractivity contribution in [2.24, 2.45) is 5.92 Å². The largest absolute Gasteiger partial charge is 0.373 e. The smallest absolute Gasteiger partial charge is 0.228 e. The van der Waals surface area contributed by atoms with E-state index < -0.39 is 0 Å². The number of nitrogens with one attached hydrogen (secondary N) is 1. The molecule has 2 aliphatic rings. The van der Waals surface area contributed by atoms with E-state index in [0.29, 0.717) is 26.2 Å². The summed E-state index contributed by atoms with van der Waals surface area (Å²) in [6, 6.07) is 2.06. The minimum atomic E-state index is 0. The molecule has 0 radical (unpaired) electrons. The predicted octanol–water partition coefficient (Wildman–Crippen LogP) is 0.369. The van der Waals surface area contributed by atoms with Crippen molar-refractivity contribution in [3.8, 4) is 0 Å². The average molecular weight is 315 g/mol. The topological polar surface area (TPSA) is 59.4 Å². The lowest BCUT2D eigenvalue weighted by molar-refractivity contribution is -0.145. The maximum atomic E-state index is 12.3. The van der Waals surface area contributed by atoms with Gasteiger partial charge in [-0.3, -0.25) is 9.48 Å². The van der Waals surface area contributed by atoms with Gasteiger partial charge in [-0.25, -0.2) is 0 Å². The first-order valence-electron chi connectivity index (χ1n) is 7.25. The first kappa shape index (κ1) is 16.3. The third kappa shape index (κ3) is 3.56. The van der Waals surface area contributed by atoms with Gasteiger partial charge in [-0.1, -0.05) is 0 Å². The Labute approximate surface area is 131 Å². The second-order valence-corrected chi connectivity index (χ2v) is 5.74. The Balaban J connectivity index is 0.00000161. The number of amides is 1. The molecule has 0 saturated carbocycles. The lowest BCUT2D eigenvalue weighted by Crippen LogP contribution is -2.56. The fourth-order valence-electron chi connectivity index (χ4n) is 2.80. The lowest BCUT2D eigenvalue weighted by Gasteiger charge is -2.37. The van der Waals surface area contributed by atoms with Gasteiger partial charge < -0.3 is 15.0 Å². The van der Waals surface area contributed by atoms with Gasteiger partial charge in [0.25, 0.3) is 0 Å². The molecule has 1 aromatic heterocycles. The van der Waals surface area contributed by atoms with Crippen molar-refractivity contribution in [1.29, 1.82) is 0 Å². The first-order valence-corrected chi connectivity index (χ1v) is 7.25. The zero-order chi connectivity index (χ0) is 14.1. The van der Waals surface area contributed by atoms with Crippen molar-refractivity contribution in [3.05, 3.63) is 17.5 Å². The molecule has 2 saturated heterocycles. The average Bonchev–Trinajstić information content (AvgIpc) is 2.66. The summed E-state index contributed by atoms with van der Waals surface area (Å²) in [4.78, 5) is 14.2. The SMILES string of the molecule is Cc1cc(C)n(CC2CN(C(=O)C3CNC3)CCO2)n1.Cl. The third-order valence-corrected chi connectivity index (χ3v) is 4.06. The number of carbonyl (C=O) groups is 1. The van der Waals surface area contributed by atoms with Crippen LogP contribution in [0, 0.1) is 19.8 Å². The minimum absolute atomic E-state index is 0. The molecule has 2 aliphatic heterocycles. The molecule has 1 N–H and O–H groups in total. The van der Waals surface area contributed by atoms with Crippen LogP contribution in [0.25, 0.3) is 0 Å². The predicted molar refractivity (Wildman–Crippen MR) is 81.6 cm³/mol. The molecule has 7 heteroatoms. The van der Waals surface area contributed by atoms with Gasteiger partial charge >= 0.3 is 0 Å². The molecule has 3 heterocycles. The van der Waals surface area contributed by atoms with Crippen LogP contribution in [-0.4, -0.2) is 59.5 Å². The number of aromatic nitrogens is 2. The molecule has 3 rings (SSSR count). The molecule has 0 aliphatic carbocycles. The highest BCUT2D eigenvalue weighted by Gasteiger charge is 2.32. The minimum Gasteiger partial charge on any atom is -0.373 e. The van der Waals surface area contributed by atoms with Crippen LogP contribution in [0.2, 0.25) is 0 Å². The fraction of sp³-hybridized carbons (Fsp3) is 0.714. The van der Waals surface area contributed by atoms with E-state index in [4.69, 9.17) is 4.74 Å². The van der Waals surface area contributed by atoms with Crippen LogP contribution in [0.3, 0.4) is 0 Å². The highest BCUT2D eigenvalue weighted by molar-refractivity contribution is 5.85. The quantitative estimate of drug-likeness (QED) is 0.875. The molecule has 0 spiro atoms. The monoisotopic (exact) mass is 314 g/mol. The van der Waals surface area contributed by atoms with Crippen molar-refractivity contribution < 1.29 is 9.53 Å². The van der Waals surface area contributed by atoms with Crippen molar-refractivity contribution in [2.75, 3.05) is 32.8 Å². The Bertz CT molecular complexity index is 501. The zero-order valence-corrected chi connectivity index (χ0v) is 13.4. The van der Waals surface area contributed by atoms with E-state index in [1.54, 1.807) is 0 Å². The number of ether oxygens (including phenoxy) is 1. The van der Waals surface area contributed by atoms with E-state index in [2.05, 4.69) is 16.5 Å². The summed E-state index contributed by atoms with van der Waals surface area (Å²) < 4.78 is 7.76. The van der Waals surface area contributed by atoms with Gasteiger partial charge in [-0.2, -0.15) is 5.10 Å². The molecule has 1 unspecified atom stereocenters. The summed E-state index contributed by atoms with van der Waals surface area (Å²) in [6.45, 7) is 8.39. The molecule has 1 atom stereocenters. The van der Waals surface area contributed by atoms with E-state index >= 15 is 0 Å². The van der Waals surface area contributed by atoms with E-state index in [1.165, 1.54) is 0 Å². The van der Waals surface area contributed by atoms with Crippen molar-refractivity contribution in [3.63, 3.8) is 0 Å². The molecule has 0 aromatic carbocycles. The molecule has 2 fully saturated rings. The number of halogens is 1. The Morgan fingerprint density at radius 2 is 2.24 bits per heavy atom. The van der Waals surface area contributed by atoms with Crippen LogP contribution in [-0.2, 0) is 16.1 Å². The van der Waals surface area contributed by atoms with Gasteiger partial charge in [0.1, 0.15) is 0 Å². The van der Waals surface area contributed by atoms with Crippen molar-refractivity contribution in [1.82, 2.24) is 20.0 Å². The van der Waals surface area contributed by atoms with E-state index in [-0.39, 0.29) is 30.3 Å². The number of carbonyl (C=O) groups excluding carboxylic acids is 1. The lowest BCUT2D eigenvalue weighted by atomic mass is 10.0. The molecule has 1 amide bonds. The maximum absolute atomic E-state index is 12.3. The van der Waals surface area contributed by atoms with E-state index in [0.717, 1.165) is 24.5 Å². The third-order valence-electron chi connectivity index (χ3n) is 4.06. The Morgan fingerprint density at radius 3 is 2.81 bits per heavy atom. The van der Waals surface area contributed by atoms with Crippen LogP contribution in [0.5, 0.6) is 0 Å². The van der Waals surface area contributed by atoms with Crippen LogP contribution < -0.4 is 5.32 Å². The highest BCUT2D eigenvalue weighted by Crippen LogP contribution is 2.14. The van der Waals surface area contributed by atoms with Gasteiger partial charge in [0.05, 0.1) is 30.9 Å². The molecule has 6 nitrogen and oxygen atoms in total. The zero-order valence-electron chi connectivity index (χ0n) is 12.5. The molecule has 118 valence electrons. The Hall–Kier alpha value is -1.11. The second kappa shape index (κ2) is 6.77. The van der Waals surface area contributed by atoms with Crippen molar-refractivity contribution >= 4 is 18.3 Å². The number of morpholine rings is 1. The maximum Gasteiger partial charge on any atom is 0.228 e. The summed E-state index contributed by atoms with van der Waals surface area (Å²) >= 11 is 0. The molecular formula is C14H23ClN4O2.